The second-order valence-electron chi connectivity index (χ2n) is 6.38. The maximum Gasteiger partial charge on any atom is 0.394 e. The van der Waals surface area contributed by atoms with Crippen LogP contribution >= 0.6 is 0 Å². The number of rotatable bonds is 7. The normalized spacial score (nSPS) is 17.8. The van der Waals surface area contributed by atoms with Crippen LogP contribution in [-0.2, 0) is 24.8 Å². The quantitative estimate of drug-likeness (QED) is 0.324. The first-order valence-electron chi connectivity index (χ1n) is 8.08. The minimum Gasteiger partial charge on any atom is -0.368 e. The number of nitrogens with zero attached hydrogens (tertiary/aromatic N) is 1. The fourth-order valence-electron chi connectivity index (χ4n) is 2.47. The molecule has 1 aliphatic rings. The standard InChI is InChI=1S/C14H26N4O3.H2O4S/c1-9(2)7-11(13(20)17-8-12(15)19)18(3)14(21)10-5-4-6-16-10;1-5(2,3)4/h9-11,16H,4-8H2,1-3H3,(H2,15,19)(H,17,20);(H2,1,2,3,4)/t10-,11+;/m0./s1. The van der Waals surface area contributed by atoms with Crippen LogP contribution < -0.4 is 16.4 Å². The largest absolute Gasteiger partial charge is 0.394 e. The van der Waals surface area contributed by atoms with Crippen LogP contribution in [-0.4, -0.2) is 72.4 Å². The van der Waals surface area contributed by atoms with Crippen LogP contribution in [0.25, 0.3) is 0 Å². The van der Waals surface area contributed by atoms with Crippen molar-refractivity contribution in [2.24, 2.45) is 11.7 Å². The Morgan fingerprint density at radius 3 is 2.23 bits per heavy atom. The molecule has 1 aliphatic heterocycles. The van der Waals surface area contributed by atoms with E-state index in [-0.39, 0.29) is 30.3 Å². The molecule has 0 bridgehead atoms. The maximum atomic E-state index is 12.4. The molecule has 1 saturated heterocycles. The van der Waals surface area contributed by atoms with Crippen LogP contribution in [0.15, 0.2) is 0 Å². The van der Waals surface area contributed by atoms with Gasteiger partial charge in [-0.25, -0.2) is 0 Å². The molecule has 1 rings (SSSR count). The number of nitrogens with two attached hydrogens (primary N) is 1. The van der Waals surface area contributed by atoms with Crippen LogP contribution in [0.3, 0.4) is 0 Å². The van der Waals surface area contributed by atoms with Gasteiger partial charge in [0.15, 0.2) is 0 Å². The summed E-state index contributed by atoms with van der Waals surface area (Å²) in [6.45, 7) is 4.59. The number of carbonyl (C=O) groups is 3. The first-order chi connectivity index (χ1) is 11.8. The molecule has 1 heterocycles. The molecule has 0 unspecified atom stereocenters. The van der Waals surface area contributed by atoms with E-state index in [0.717, 1.165) is 19.4 Å². The van der Waals surface area contributed by atoms with Crippen LogP contribution in [0.4, 0.5) is 0 Å². The molecular formula is C14H28N4O7S. The highest BCUT2D eigenvalue weighted by molar-refractivity contribution is 7.79. The van der Waals surface area contributed by atoms with Gasteiger partial charge in [0.1, 0.15) is 6.04 Å². The Morgan fingerprint density at radius 2 is 1.85 bits per heavy atom. The van der Waals surface area contributed by atoms with Crippen LogP contribution in [0.1, 0.15) is 33.1 Å². The van der Waals surface area contributed by atoms with Crippen molar-refractivity contribution < 1.29 is 31.9 Å². The first kappa shape index (κ1) is 24.2. The van der Waals surface area contributed by atoms with Crippen LogP contribution in [0.5, 0.6) is 0 Å². The van der Waals surface area contributed by atoms with Crippen LogP contribution in [0.2, 0.25) is 0 Å². The number of hydrogen-bond acceptors (Lipinski definition) is 6. The number of nitrogens with one attached hydrogen (secondary N) is 2. The summed E-state index contributed by atoms with van der Waals surface area (Å²) in [4.78, 5) is 36.9. The molecule has 11 nitrogen and oxygen atoms in total. The van der Waals surface area contributed by atoms with E-state index in [0.29, 0.717) is 6.42 Å². The summed E-state index contributed by atoms with van der Waals surface area (Å²) in [5.74, 6) is -0.761. The second-order valence-corrected chi connectivity index (χ2v) is 7.27. The average Bonchev–Trinajstić information content (AvgIpc) is 3.01. The lowest BCUT2D eigenvalue weighted by atomic mass is 10.0. The molecule has 6 N–H and O–H groups in total. The maximum absolute atomic E-state index is 12.4. The van der Waals surface area contributed by atoms with E-state index in [2.05, 4.69) is 10.6 Å². The summed E-state index contributed by atoms with van der Waals surface area (Å²) in [7, 11) is -3.03. The summed E-state index contributed by atoms with van der Waals surface area (Å²) >= 11 is 0. The summed E-state index contributed by atoms with van der Waals surface area (Å²) < 4.78 is 31.6. The number of primary amides is 1. The Labute approximate surface area is 153 Å². The highest BCUT2D eigenvalue weighted by Crippen LogP contribution is 2.15. The number of likely N-dealkylation sites (N-methyl/N-ethyl adjacent to an activating group) is 1. The highest BCUT2D eigenvalue weighted by atomic mass is 32.3. The van der Waals surface area contributed by atoms with Gasteiger partial charge in [-0.3, -0.25) is 23.5 Å². The lowest BCUT2D eigenvalue weighted by molar-refractivity contribution is -0.141. The van der Waals surface area contributed by atoms with Gasteiger partial charge in [-0.1, -0.05) is 13.8 Å². The third kappa shape index (κ3) is 11.0. The molecule has 0 aromatic rings. The van der Waals surface area contributed by atoms with Crippen molar-refractivity contribution >= 4 is 28.1 Å². The Bertz CT molecular complexity index is 580. The topological polar surface area (TPSA) is 179 Å². The Balaban J connectivity index is 0.00000110. The van der Waals surface area contributed by atoms with Crippen LogP contribution in [0, 0.1) is 5.92 Å². The third-order valence-electron chi connectivity index (χ3n) is 3.61. The van der Waals surface area contributed by atoms with Crippen molar-refractivity contribution in [3.05, 3.63) is 0 Å². The van der Waals surface area contributed by atoms with E-state index < -0.39 is 22.3 Å². The Morgan fingerprint density at radius 1 is 1.31 bits per heavy atom. The number of carbonyl (C=O) groups excluding carboxylic acids is 3. The minimum atomic E-state index is -4.67. The highest BCUT2D eigenvalue weighted by Gasteiger charge is 2.32. The van der Waals surface area contributed by atoms with Crippen molar-refractivity contribution in [3.63, 3.8) is 0 Å². The zero-order valence-corrected chi connectivity index (χ0v) is 16.0. The van der Waals surface area contributed by atoms with Crippen molar-refractivity contribution in [1.29, 1.82) is 0 Å². The predicted molar refractivity (Wildman–Crippen MR) is 93.4 cm³/mol. The fraction of sp³-hybridized carbons (Fsp3) is 0.786. The molecule has 0 saturated carbocycles. The van der Waals surface area contributed by atoms with Gasteiger partial charge in [0.05, 0.1) is 12.6 Å². The second kappa shape index (κ2) is 11.1. The van der Waals surface area contributed by atoms with E-state index in [1.807, 2.05) is 13.8 Å². The molecule has 1 fully saturated rings. The van der Waals surface area contributed by atoms with Gasteiger partial charge in [-0.2, -0.15) is 8.42 Å². The summed E-state index contributed by atoms with van der Waals surface area (Å²) in [6, 6.07) is -0.798. The molecule has 0 radical (unpaired) electrons. The Kier molecular flexibility index (Phi) is 10.3. The minimum absolute atomic E-state index is 0.0765. The molecule has 26 heavy (non-hydrogen) atoms. The van der Waals surface area contributed by atoms with E-state index in [4.69, 9.17) is 23.3 Å². The molecule has 2 atom stereocenters. The zero-order valence-electron chi connectivity index (χ0n) is 15.1. The van der Waals surface area contributed by atoms with E-state index in [1.54, 1.807) is 7.05 Å². The lowest BCUT2D eigenvalue weighted by Crippen LogP contribution is -2.53. The summed E-state index contributed by atoms with van der Waals surface area (Å²) in [5, 5.41) is 5.62. The molecule has 152 valence electrons. The molecule has 12 heteroatoms. The van der Waals surface area contributed by atoms with Crippen molar-refractivity contribution in [2.45, 2.75) is 45.2 Å². The van der Waals surface area contributed by atoms with Gasteiger partial charge in [0.2, 0.25) is 17.7 Å². The number of amides is 3. The molecule has 3 amide bonds. The number of hydrogen-bond donors (Lipinski definition) is 5. The zero-order chi connectivity index (χ0) is 20.5. The summed E-state index contributed by atoms with van der Waals surface area (Å²) in [5.41, 5.74) is 5.03. The third-order valence-corrected chi connectivity index (χ3v) is 3.61. The predicted octanol–water partition coefficient (Wildman–Crippen LogP) is -1.44. The average molecular weight is 396 g/mol. The molecule has 0 aromatic carbocycles. The van der Waals surface area contributed by atoms with Crippen molar-refractivity contribution in [1.82, 2.24) is 15.5 Å². The molecule has 0 spiro atoms. The van der Waals surface area contributed by atoms with Gasteiger partial charge >= 0.3 is 10.4 Å². The van der Waals surface area contributed by atoms with Gasteiger partial charge in [-0.05, 0) is 31.7 Å². The monoisotopic (exact) mass is 396 g/mol. The summed E-state index contributed by atoms with van der Waals surface area (Å²) in [6.07, 6.45) is 2.30. The van der Waals surface area contributed by atoms with Gasteiger partial charge < -0.3 is 21.3 Å². The van der Waals surface area contributed by atoms with Crippen molar-refractivity contribution in [3.8, 4) is 0 Å². The van der Waals surface area contributed by atoms with Gasteiger partial charge in [-0.15, -0.1) is 0 Å². The van der Waals surface area contributed by atoms with Crippen molar-refractivity contribution in [2.75, 3.05) is 20.1 Å². The first-order valence-corrected chi connectivity index (χ1v) is 9.48. The lowest BCUT2D eigenvalue weighted by Gasteiger charge is -2.30. The fourth-order valence-corrected chi connectivity index (χ4v) is 2.47. The SMILES string of the molecule is CC(C)C[C@H](C(=O)NCC(N)=O)N(C)C(=O)[C@@H]1CCCN1.O=S(=O)(O)O. The molecular weight excluding hydrogens is 368 g/mol. The molecule has 0 aromatic heterocycles. The van der Waals surface area contributed by atoms with Gasteiger partial charge in [0.25, 0.3) is 0 Å². The van der Waals surface area contributed by atoms with E-state index >= 15 is 0 Å². The van der Waals surface area contributed by atoms with E-state index in [1.165, 1.54) is 4.90 Å². The van der Waals surface area contributed by atoms with Gasteiger partial charge in [0, 0.05) is 7.05 Å². The smallest absolute Gasteiger partial charge is 0.368 e. The van der Waals surface area contributed by atoms with E-state index in [9.17, 15) is 14.4 Å². The Hall–Kier alpha value is -1.76. The molecule has 0 aliphatic carbocycles.